The molecule has 2 aromatic carbocycles. The molecule has 0 spiro atoms. The maximum atomic E-state index is 13.6. The molecular weight excluding hydrogens is 408 g/mol. The number of Topliss-reactive ketones (excluding diaryl/α,β-unsaturated/α-hetero) is 1. The smallest absolute Gasteiger partial charge is 0.231 e. The molecule has 3 heterocycles. The van der Waals surface area contributed by atoms with Gasteiger partial charge in [-0.25, -0.2) is 0 Å². The lowest BCUT2D eigenvalue weighted by atomic mass is 9.79. The van der Waals surface area contributed by atoms with Crippen LogP contribution in [0.1, 0.15) is 40.1 Å². The second-order valence-corrected chi connectivity index (χ2v) is 9.55. The first-order chi connectivity index (χ1) is 15.2. The lowest BCUT2D eigenvalue weighted by molar-refractivity contribution is -0.116. The number of rotatable bonds is 2. The van der Waals surface area contributed by atoms with Crippen molar-refractivity contribution in [3.8, 4) is 11.5 Å². The highest BCUT2D eigenvalue weighted by molar-refractivity contribution is 7.12. The van der Waals surface area contributed by atoms with Crippen LogP contribution in [0.4, 0.5) is 11.4 Å². The zero-order valence-electron chi connectivity index (χ0n) is 17.1. The van der Waals surface area contributed by atoms with E-state index in [-0.39, 0.29) is 24.5 Å². The number of carbonyl (C=O) groups is 1. The molecule has 0 amide bonds. The van der Waals surface area contributed by atoms with Gasteiger partial charge in [0, 0.05) is 27.4 Å². The number of aryl methyl sites for hydroxylation is 1. The first-order valence-corrected chi connectivity index (χ1v) is 11.3. The summed E-state index contributed by atoms with van der Waals surface area (Å²) in [6, 6.07) is 18.3. The fourth-order valence-electron chi connectivity index (χ4n) is 4.72. The molecule has 6 heteroatoms. The number of fused-ring (bicyclic) bond motifs is 2. The van der Waals surface area contributed by atoms with E-state index in [2.05, 4.69) is 47.9 Å². The summed E-state index contributed by atoms with van der Waals surface area (Å²) in [6.07, 6.45) is 1.26. The third-order valence-corrected chi connectivity index (χ3v) is 7.29. The van der Waals surface area contributed by atoms with E-state index in [1.807, 2.05) is 24.3 Å². The van der Waals surface area contributed by atoms with Gasteiger partial charge < -0.3 is 20.1 Å². The number of anilines is 2. The summed E-state index contributed by atoms with van der Waals surface area (Å²) in [4.78, 5) is 16.0. The molecule has 0 radical (unpaired) electrons. The Morgan fingerprint density at radius 3 is 2.65 bits per heavy atom. The highest BCUT2D eigenvalue weighted by Gasteiger charge is 2.36. The minimum Gasteiger partial charge on any atom is -0.454 e. The molecule has 0 unspecified atom stereocenters. The molecule has 3 aliphatic rings. The molecule has 0 fully saturated rings. The van der Waals surface area contributed by atoms with E-state index < -0.39 is 0 Å². The Morgan fingerprint density at radius 2 is 1.81 bits per heavy atom. The Kier molecular flexibility index (Phi) is 4.28. The van der Waals surface area contributed by atoms with Gasteiger partial charge in [0.2, 0.25) is 6.79 Å². The minimum atomic E-state index is -0.143. The second-order valence-electron chi connectivity index (χ2n) is 8.23. The Bertz CT molecular complexity index is 1230. The van der Waals surface area contributed by atoms with Gasteiger partial charge in [0.25, 0.3) is 0 Å². The first kappa shape index (κ1) is 18.5. The Hall–Kier alpha value is -3.25. The van der Waals surface area contributed by atoms with Crippen LogP contribution in [0, 0.1) is 6.92 Å². The van der Waals surface area contributed by atoms with Crippen molar-refractivity contribution in [2.45, 2.75) is 31.7 Å². The Balaban J connectivity index is 1.42. The largest absolute Gasteiger partial charge is 0.454 e. The number of carbonyl (C=O) groups excluding carboxylic acids is 1. The van der Waals surface area contributed by atoms with Crippen LogP contribution in [0.25, 0.3) is 0 Å². The van der Waals surface area contributed by atoms with Crippen molar-refractivity contribution in [2.75, 3.05) is 17.4 Å². The number of ketones is 1. The average molecular weight is 431 g/mol. The highest BCUT2D eigenvalue weighted by atomic mass is 32.1. The lowest BCUT2D eigenvalue weighted by Gasteiger charge is -2.29. The van der Waals surface area contributed by atoms with Gasteiger partial charge in [0.05, 0.1) is 17.4 Å². The molecule has 3 aromatic rings. The van der Waals surface area contributed by atoms with Crippen molar-refractivity contribution in [1.82, 2.24) is 0 Å². The van der Waals surface area contributed by atoms with Crippen LogP contribution in [0.3, 0.4) is 0 Å². The number of para-hydroxylation sites is 2. The Morgan fingerprint density at radius 1 is 0.968 bits per heavy atom. The molecule has 2 N–H and O–H groups in total. The minimum absolute atomic E-state index is 0.101. The molecule has 31 heavy (non-hydrogen) atoms. The van der Waals surface area contributed by atoms with E-state index >= 15 is 0 Å². The summed E-state index contributed by atoms with van der Waals surface area (Å²) < 4.78 is 11.0. The van der Waals surface area contributed by atoms with E-state index in [0.29, 0.717) is 6.42 Å². The van der Waals surface area contributed by atoms with Crippen LogP contribution in [0.2, 0.25) is 0 Å². The number of ether oxygens (including phenoxy) is 2. The Labute approximate surface area is 184 Å². The summed E-state index contributed by atoms with van der Waals surface area (Å²) in [5, 5.41) is 7.24. The van der Waals surface area contributed by atoms with Gasteiger partial charge in [-0.3, -0.25) is 4.79 Å². The van der Waals surface area contributed by atoms with Crippen LogP contribution >= 0.6 is 11.3 Å². The van der Waals surface area contributed by atoms with Crippen molar-refractivity contribution >= 4 is 28.5 Å². The summed E-state index contributed by atoms with van der Waals surface area (Å²) in [6.45, 7) is 2.36. The maximum Gasteiger partial charge on any atom is 0.231 e. The number of allylic oxidation sites excluding steroid dienone is 1. The van der Waals surface area contributed by atoms with Crippen molar-refractivity contribution < 1.29 is 14.3 Å². The number of nitrogens with one attached hydrogen (secondary N) is 2. The number of hydrogen-bond acceptors (Lipinski definition) is 6. The SMILES string of the molecule is Cc1ccc([C@@H]2Nc3ccccc3NC3=C2C(=O)C[C@@H](c2ccc4c(c2)OCO4)C3)s1. The van der Waals surface area contributed by atoms with E-state index in [4.69, 9.17) is 9.47 Å². The maximum absolute atomic E-state index is 13.6. The molecule has 0 bridgehead atoms. The monoisotopic (exact) mass is 430 g/mol. The quantitative estimate of drug-likeness (QED) is 0.541. The van der Waals surface area contributed by atoms with Gasteiger partial charge >= 0.3 is 0 Å². The molecule has 2 atom stereocenters. The number of thiophene rings is 1. The molecule has 5 nitrogen and oxygen atoms in total. The third kappa shape index (κ3) is 3.18. The average Bonchev–Trinajstić information content (AvgIpc) is 3.38. The van der Waals surface area contributed by atoms with Crippen LogP contribution < -0.4 is 20.1 Å². The summed E-state index contributed by atoms with van der Waals surface area (Å²) in [5.74, 6) is 1.82. The molecule has 6 rings (SSSR count). The summed E-state index contributed by atoms with van der Waals surface area (Å²) in [7, 11) is 0. The highest BCUT2D eigenvalue weighted by Crippen LogP contribution is 2.46. The predicted octanol–water partition coefficient (Wildman–Crippen LogP) is 5.76. The van der Waals surface area contributed by atoms with Crippen molar-refractivity contribution in [3.63, 3.8) is 0 Å². The fraction of sp³-hybridized carbons (Fsp3) is 0.240. The van der Waals surface area contributed by atoms with Crippen molar-refractivity contribution in [3.05, 3.63) is 81.2 Å². The van der Waals surface area contributed by atoms with Crippen LogP contribution in [-0.2, 0) is 4.79 Å². The number of hydrogen-bond donors (Lipinski definition) is 2. The van der Waals surface area contributed by atoms with Crippen molar-refractivity contribution in [1.29, 1.82) is 0 Å². The normalized spacial score (nSPS) is 21.6. The predicted molar refractivity (Wildman–Crippen MR) is 122 cm³/mol. The van der Waals surface area contributed by atoms with E-state index in [0.717, 1.165) is 46.1 Å². The molecular formula is C25H22N2O3S. The molecule has 0 saturated carbocycles. The van der Waals surface area contributed by atoms with Gasteiger partial charge in [0.1, 0.15) is 0 Å². The van der Waals surface area contributed by atoms with Crippen LogP contribution in [0.15, 0.2) is 65.9 Å². The van der Waals surface area contributed by atoms with Crippen LogP contribution in [0.5, 0.6) is 11.5 Å². The second kappa shape index (κ2) is 7.17. The van der Waals surface area contributed by atoms with E-state index in [1.165, 1.54) is 9.75 Å². The van der Waals surface area contributed by atoms with Gasteiger partial charge in [-0.05, 0) is 61.2 Å². The first-order valence-electron chi connectivity index (χ1n) is 10.5. The van der Waals surface area contributed by atoms with E-state index in [9.17, 15) is 4.79 Å². The third-order valence-electron chi connectivity index (χ3n) is 6.22. The van der Waals surface area contributed by atoms with Gasteiger partial charge in [0.15, 0.2) is 17.3 Å². The zero-order chi connectivity index (χ0) is 20.9. The van der Waals surface area contributed by atoms with Crippen LogP contribution in [-0.4, -0.2) is 12.6 Å². The van der Waals surface area contributed by atoms with E-state index in [1.54, 1.807) is 11.3 Å². The topological polar surface area (TPSA) is 59.6 Å². The standard InChI is InChI=1S/C25H22N2O3S/c1-14-6-9-23(31-14)25-24-19(26-17-4-2-3-5-18(17)27-25)10-16(11-20(24)28)15-7-8-21-22(12-15)30-13-29-21/h2-9,12,16,25-27H,10-11,13H2,1H3/t16-,25-/m0/s1. The molecule has 1 aromatic heterocycles. The summed E-state index contributed by atoms with van der Waals surface area (Å²) in [5.41, 5.74) is 4.99. The van der Waals surface area contributed by atoms with Gasteiger partial charge in [-0.1, -0.05) is 18.2 Å². The molecule has 156 valence electrons. The van der Waals surface area contributed by atoms with Gasteiger partial charge in [-0.2, -0.15) is 0 Å². The van der Waals surface area contributed by atoms with Crippen molar-refractivity contribution in [2.24, 2.45) is 0 Å². The molecule has 1 aliphatic carbocycles. The number of benzene rings is 2. The molecule has 0 saturated heterocycles. The van der Waals surface area contributed by atoms with Gasteiger partial charge in [-0.15, -0.1) is 11.3 Å². The molecule has 2 aliphatic heterocycles. The zero-order valence-corrected chi connectivity index (χ0v) is 17.9. The lowest BCUT2D eigenvalue weighted by Crippen LogP contribution is -2.26. The fourth-order valence-corrected chi connectivity index (χ4v) is 5.66. The summed E-state index contributed by atoms with van der Waals surface area (Å²) >= 11 is 1.74.